The number of carbonyl (C=O) groups excluding carboxylic acids is 1. The number of rotatable bonds is 12. The van der Waals surface area contributed by atoms with Gasteiger partial charge in [-0.25, -0.2) is 0 Å². The Kier molecular flexibility index (Phi) is 8.02. The smallest absolute Gasteiger partial charge is 0.272 e. The fraction of sp³-hybridized carbons (Fsp3) is 0.400. The Hall–Kier alpha value is -3.42. The number of hydrogen-bond donors (Lipinski definition) is 1. The van der Waals surface area contributed by atoms with E-state index in [2.05, 4.69) is 35.3 Å². The van der Waals surface area contributed by atoms with Gasteiger partial charge in [0.25, 0.3) is 5.91 Å². The topological polar surface area (TPSA) is 81.1 Å². The van der Waals surface area contributed by atoms with Gasteiger partial charge in [0.05, 0.1) is 13.7 Å². The molecular weight excluding hydrogens is 468 g/mol. The monoisotopic (exact) mass is 502 g/mol. The van der Waals surface area contributed by atoms with Crippen molar-refractivity contribution in [3.63, 3.8) is 0 Å². The van der Waals surface area contributed by atoms with Crippen LogP contribution in [-0.2, 0) is 18.0 Å². The predicted molar refractivity (Wildman–Crippen MR) is 140 cm³/mol. The highest BCUT2D eigenvalue weighted by molar-refractivity contribution is 5.93. The Morgan fingerprint density at radius 1 is 0.946 bits per heavy atom. The molecule has 1 N–H and O–H groups in total. The molecule has 0 atom stereocenters. The molecule has 1 saturated carbocycles. The van der Waals surface area contributed by atoms with E-state index in [1.807, 2.05) is 23.1 Å². The van der Waals surface area contributed by atoms with Crippen molar-refractivity contribution in [2.24, 2.45) is 0 Å². The van der Waals surface area contributed by atoms with Gasteiger partial charge in [0.15, 0.2) is 11.5 Å². The molecule has 1 aromatic heterocycles. The lowest BCUT2D eigenvalue weighted by Crippen LogP contribution is -2.48. The van der Waals surface area contributed by atoms with Crippen LogP contribution < -0.4 is 9.47 Å². The maximum Gasteiger partial charge on any atom is 0.272 e. The SMILES string of the molecule is COc1cc(C2CN(C(=O)c3cc(COCCCO)ccn3)C2)ccc1OCc1ccc(C2CC2)cc1. The van der Waals surface area contributed by atoms with Crippen molar-refractivity contribution in [2.75, 3.05) is 33.4 Å². The molecule has 2 aliphatic rings. The third-order valence-corrected chi connectivity index (χ3v) is 7.01. The number of pyridine rings is 1. The number of carbonyl (C=O) groups is 1. The Morgan fingerprint density at radius 3 is 2.46 bits per heavy atom. The molecule has 7 nitrogen and oxygen atoms in total. The van der Waals surface area contributed by atoms with E-state index in [1.165, 1.54) is 18.4 Å². The highest BCUT2D eigenvalue weighted by atomic mass is 16.5. The number of likely N-dealkylation sites (tertiary alicyclic amines) is 1. The molecule has 37 heavy (non-hydrogen) atoms. The first-order valence-corrected chi connectivity index (χ1v) is 13.0. The molecule has 1 aliphatic heterocycles. The summed E-state index contributed by atoms with van der Waals surface area (Å²) in [6, 6.07) is 18.4. The molecule has 194 valence electrons. The van der Waals surface area contributed by atoms with Gasteiger partial charge >= 0.3 is 0 Å². The van der Waals surface area contributed by atoms with Gasteiger partial charge in [-0.05, 0) is 71.7 Å². The summed E-state index contributed by atoms with van der Waals surface area (Å²) in [7, 11) is 1.65. The van der Waals surface area contributed by atoms with Crippen molar-refractivity contribution >= 4 is 5.91 Å². The molecule has 2 fully saturated rings. The third-order valence-electron chi connectivity index (χ3n) is 7.01. The van der Waals surface area contributed by atoms with E-state index in [1.54, 1.807) is 19.4 Å². The van der Waals surface area contributed by atoms with E-state index in [4.69, 9.17) is 19.3 Å². The lowest BCUT2D eigenvalue weighted by molar-refractivity contribution is 0.0595. The van der Waals surface area contributed by atoms with Crippen LogP contribution in [0.4, 0.5) is 0 Å². The number of hydrogen-bond acceptors (Lipinski definition) is 6. The van der Waals surface area contributed by atoms with E-state index in [0.29, 0.717) is 56.5 Å². The first-order chi connectivity index (χ1) is 18.1. The van der Waals surface area contributed by atoms with Crippen LogP contribution in [0, 0.1) is 0 Å². The second-order valence-corrected chi connectivity index (χ2v) is 9.80. The van der Waals surface area contributed by atoms with Gasteiger partial charge < -0.3 is 24.2 Å². The van der Waals surface area contributed by atoms with Gasteiger partial charge in [-0.3, -0.25) is 9.78 Å². The molecule has 0 unspecified atom stereocenters. The first-order valence-electron chi connectivity index (χ1n) is 13.0. The van der Waals surface area contributed by atoms with Crippen molar-refractivity contribution in [2.45, 2.75) is 44.3 Å². The summed E-state index contributed by atoms with van der Waals surface area (Å²) in [4.78, 5) is 19.0. The molecule has 0 radical (unpaired) electrons. The summed E-state index contributed by atoms with van der Waals surface area (Å²) < 4.78 is 17.2. The highest BCUT2D eigenvalue weighted by Crippen LogP contribution is 2.40. The standard InChI is InChI=1S/C30H34N2O5/c1-35-29-16-25(9-10-28(29)37-20-21-3-5-23(6-4-21)24-7-8-24)26-17-32(18-26)30(34)27-15-22(11-12-31-27)19-36-14-2-13-33/h3-6,9-12,15-16,24,26,33H,2,7-8,13-14,17-20H2,1H3. The van der Waals surface area contributed by atoms with Crippen molar-refractivity contribution in [3.05, 3.63) is 88.7 Å². The Balaban J connectivity index is 1.14. The molecule has 1 amide bonds. The van der Waals surface area contributed by atoms with Crippen LogP contribution in [0.3, 0.4) is 0 Å². The summed E-state index contributed by atoms with van der Waals surface area (Å²) in [5.41, 5.74) is 5.00. The fourth-order valence-corrected chi connectivity index (χ4v) is 4.58. The molecule has 7 heteroatoms. The highest BCUT2D eigenvalue weighted by Gasteiger charge is 2.33. The van der Waals surface area contributed by atoms with Crippen LogP contribution in [0.2, 0.25) is 0 Å². The van der Waals surface area contributed by atoms with Crippen LogP contribution in [0.15, 0.2) is 60.8 Å². The van der Waals surface area contributed by atoms with Crippen LogP contribution >= 0.6 is 0 Å². The average Bonchev–Trinajstić information content (AvgIpc) is 3.75. The van der Waals surface area contributed by atoms with Crippen molar-refractivity contribution < 1.29 is 24.1 Å². The summed E-state index contributed by atoms with van der Waals surface area (Å²) in [6.45, 7) is 2.74. The second kappa shape index (κ2) is 11.8. The number of aromatic nitrogens is 1. The number of ether oxygens (including phenoxy) is 3. The largest absolute Gasteiger partial charge is 0.493 e. The Bertz CT molecular complexity index is 1200. The van der Waals surface area contributed by atoms with E-state index in [9.17, 15) is 4.79 Å². The van der Waals surface area contributed by atoms with Crippen molar-refractivity contribution in [3.8, 4) is 11.5 Å². The molecule has 3 aromatic rings. The number of benzene rings is 2. The molecular formula is C30H34N2O5. The lowest BCUT2D eigenvalue weighted by atomic mass is 9.91. The molecule has 1 aliphatic carbocycles. The van der Waals surface area contributed by atoms with E-state index < -0.39 is 0 Å². The second-order valence-electron chi connectivity index (χ2n) is 9.80. The van der Waals surface area contributed by atoms with Gasteiger partial charge in [-0.1, -0.05) is 30.3 Å². The van der Waals surface area contributed by atoms with Crippen LogP contribution in [0.1, 0.15) is 63.8 Å². The van der Waals surface area contributed by atoms with Crippen LogP contribution in [-0.4, -0.2) is 54.3 Å². The minimum atomic E-state index is -0.0759. The molecule has 2 heterocycles. The number of amides is 1. The zero-order chi connectivity index (χ0) is 25.6. The van der Waals surface area contributed by atoms with Gasteiger partial charge in [0.2, 0.25) is 0 Å². The fourth-order valence-electron chi connectivity index (χ4n) is 4.58. The van der Waals surface area contributed by atoms with Crippen LogP contribution in [0.5, 0.6) is 11.5 Å². The maximum atomic E-state index is 12.9. The number of nitrogens with zero attached hydrogens (tertiary/aromatic N) is 2. The van der Waals surface area contributed by atoms with Gasteiger partial charge in [0.1, 0.15) is 12.3 Å². The summed E-state index contributed by atoms with van der Waals surface area (Å²) in [5, 5.41) is 8.86. The minimum Gasteiger partial charge on any atom is -0.493 e. The first kappa shape index (κ1) is 25.2. The summed E-state index contributed by atoms with van der Waals surface area (Å²) in [5.74, 6) is 2.34. The third kappa shape index (κ3) is 6.29. The maximum absolute atomic E-state index is 12.9. The molecule has 5 rings (SSSR count). The Morgan fingerprint density at radius 2 is 1.73 bits per heavy atom. The minimum absolute atomic E-state index is 0.0759. The molecule has 0 spiro atoms. The van der Waals surface area contributed by atoms with Gasteiger partial charge in [0, 0.05) is 38.4 Å². The van der Waals surface area contributed by atoms with Crippen LogP contribution in [0.25, 0.3) is 0 Å². The molecule has 0 bridgehead atoms. The van der Waals surface area contributed by atoms with Crippen molar-refractivity contribution in [1.29, 1.82) is 0 Å². The quantitative estimate of drug-likeness (QED) is 0.362. The molecule has 2 aromatic carbocycles. The number of aliphatic hydroxyl groups excluding tert-OH is 1. The average molecular weight is 503 g/mol. The van der Waals surface area contributed by atoms with E-state index in [0.717, 1.165) is 22.6 Å². The summed E-state index contributed by atoms with van der Waals surface area (Å²) in [6.07, 6.45) is 4.84. The Labute approximate surface area is 218 Å². The molecule has 1 saturated heterocycles. The summed E-state index contributed by atoms with van der Waals surface area (Å²) >= 11 is 0. The normalized spacial score (nSPS) is 15.4. The number of methoxy groups -OCH3 is 1. The van der Waals surface area contributed by atoms with Crippen molar-refractivity contribution in [1.82, 2.24) is 9.88 Å². The number of aliphatic hydroxyl groups is 1. The zero-order valence-electron chi connectivity index (χ0n) is 21.3. The van der Waals surface area contributed by atoms with E-state index in [-0.39, 0.29) is 18.4 Å². The van der Waals surface area contributed by atoms with Gasteiger partial charge in [-0.2, -0.15) is 0 Å². The lowest BCUT2D eigenvalue weighted by Gasteiger charge is -2.39. The van der Waals surface area contributed by atoms with E-state index >= 15 is 0 Å². The zero-order valence-corrected chi connectivity index (χ0v) is 21.3. The predicted octanol–water partition coefficient (Wildman–Crippen LogP) is 4.69. The van der Waals surface area contributed by atoms with Gasteiger partial charge in [-0.15, -0.1) is 0 Å².